The molecule has 19 heavy (non-hydrogen) atoms. The highest BCUT2D eigenvalue weighted by atomic mass is 35.5. The Labute approximate surface area is 114 Å². The van der Waals surface area contributed by atoms with Gasteiger partial charge in [-0.15, -0.1) is 0 Å². The highest BCUT2D eigenvalue weighted by molar-refractivity contribution is 6.29. The minimum Gasteiger partial charge on any atom is -0.361 e. The van der Waals surface area contributed by atoms with Crippen molar-refractivity contribution < 1.29 is 4.79 Å². The molecule has 1 aromatic carbocycles. The normalized spacial score (nSPS) is 10.6. The van der Waals surface area contributed by atoms with E-state index in [2.05, 4.69) is 15.3 Å². The van der Waals surface area contributed by atoms with Crippen LogP contribution in [-0.2, 0) is 0 Å². The number of aromatic nitrogens is 2. The number of nitrogens with one attached hydrogen (secondary N) is 2. The molecule has 94 valence electrons. The smallest absolute Gasteiger partial charge is 0.258 e. The zero-order valence-corrected chi connectivity index (χ0v) is 10.6. The maximum atomic E-state index is 12.2. The van der Waals surface area contributed by atoms with Gasteiger partial charge in [-0.05, 0) is 24.3 Å². The minimum atomic E-state index is -0.220. The second kappa shape index (κ2) is 4.74. The van der Waals surface area contributed by atoms with E-state index in [1.165, 1.54) is 0 Å². The number of hydrogen-bond donors (Lipinski definition) is 2. The molecule has 1 amide bonds. The van der Waals surface area contributed by atoms with Crippen molar-refractivity contribution in [2.45, 2.75) is 0 Å². The van der Waals surface area contributed by atoms with Crippen molar-refractivity contribution in [2.75, 3.05) is 5.32 Å². The second-order valence-electron chi connectivity index (χ2n) is 4.05. The molecular formula is C14H10ClN3O. The lowest BCUT2D eigenvalue weighted by Gasteiger charge is -2.05. The van der Waals surface area contributed by atoms with Crippen LogP contribution in [0.5, 0.6) is 0 Å². The van der Waals surface area contributed by atoms with E-state index in [4.69, 9.17) is 11.6 Å². The molecule has 5 heteroatoms. The highest BCUT2D eigenvalue weighted by Gasteiger charge is 2.11. The molecule has 0 bridgehead atoms. The number of fused-ring (bicyclic) bond motifs is 1. The number of hydrogen-bond acceptors (Lipinski definition) is 2. The van der Waals surface area contributed by atoms with Crippen molar-refractivity contribution in [3.63, 3.8) is 0 Å². The van der Waals surface area contributed by atoms with Gasteiger partial charge in [0, 0.05) is 11.6 Å². The SMILES string of the molecule is O=C(Nc1cccc(Cl)n1)c1cccc2cc[nH]c12. The standard InChI is InChI=1S/C14H10ClN3O/c15-11-5-2-6-12(17-11)18-14(19)10-4-1-3-9-7-8-16-13(9)10/h1-8,16H,(H,17,18,19). The number of carbonyl (C=O) groups is 1. The third-order valence-electron chi connectivity index (χ3n) is 2.79. The summed E-state index contributed by atoms with van der Waals surface area (Å²) in [6.45, 7) is 0. The van der Waals surface area contributed by atoms with Crippen LogP contribution < -0.4 is 5.32 Å². The highest BCUT2D eigenvalue weighted by Crippen LogP contribution is 2.18. The van der Waals surface area contributed by atoms with Crippen molar-refractivity contribution in [3.8, 4) is 0 Å². The first kappa shape index (κ1) is 11.7. The molecule has 0 fully saturated rings. The van der Waals surface area contributed by atoms with Gasteiger partial charge in [-0.2, -0.15) is 0 Å². The molecule has 2 heterocycles. The summed E-state index contributed by atoms with van der Waals surface area (Å²) in [6, 6.07) is 12.6. The molecule has 2 aromatic heterocycles. The van der Waals surface area contributed by atoms with Crippen molar-refractivity contribution >= 4 is 34.2 Å². The molecule has 0 aliphatic heterocycles. The number of para-hydroxylation sites is 1. The fraction of sp³-hybridized carbons (Fsp3) is 0. The summed E-state index contributed by atoms with van der Waals surface area (Å²) >= 11 is 5.78. The molecule has 0 spiro atoms. The van der Waals surface area contributed by atoms with Crippen LogP contribution in [0.3, 0.4) is 0 Å². The van der Waals surface area contributed by atoms with Crippen LogP contribution in [0.1, 0.15) is 10.4 Å². The third-order valence-corrected chi connectivity index (χ3v) is 3.00. The van der Waals surface area contributed by atoms with E-state index in [0.717, 1.165) is 10.9 Å². The number of nitrogens with zero attached hydrogens (tertiary/aromatic N) is 1. The topological polar surface area (TPSA) is 57.8 Å². The van der Waals surface area contributed by atoms with Gasteiger partial charge in [0.05, 0.1) is 11.1 Å². The van der Waals surface area contributed by atoms with Crippen molar-refractivity contribution in [2.24, 2.45) is 0 Å². The van der Waals surface area contributed by atoms with Crippen LogP contribution in [0.2, 0.25) is 5.15 Å². The molecular weight excluding hydrogens is 262 g/mol. The minimum absolute atomic E-state index is 0.220. The molecule has 0 saturated carbocycles. The summed E-state index contributed by atoms with van der Waals surface area (Å²) in [5.41, 5.74) is 1.38. The first-order chi connectivity index (χ1) is 9.24. The average Bonchev–Trinajstić information content (AvgIpc) is 2.86. The Morgan fingerprint density at radius 2 is 2.00 bits per heavy atom. The van der Waals surface area contributed by atoms with Crippen molar-refractivity contribution in [1.29, 1.82) is 0 Å². The summed E-state index contributed by atoms with van der Waals surface area (Å²) < 4.78 is 0. The number of amides is 1. The van der Waals surface area contributed by atoms with Crippen LogP contribution in [0.4, 0.5) is 5.82 Å². The predicted octanol–water partition coefficient (Wildman–Crippen LogP) is 3.47. The van der Waals surface area contributed by atoms with Gasteiger partial charge in [-0.25, -0.2) is 4.98 Å². The Hall–Kier alpha value is -2.33. The monoisotopic (exact) mass is 271 g/mol. The van der Waals surface area contributed by atoms with Crippen molar-refractivity contribution in [3.05, 3.63) is 59.4 Å². The third kappa shape index (κ3) is 2.30. The Balaban J connectivity index is 1.94. The zero-order valence-electron chi connectivity index (χ0n) is 9.85. The predicted molar refractivity (Wildman–Crippen MR) is 75.5 cm³/mol. The lowest BCUT2D eigenvalue weighted by molar-refractivity contribution is 0.102. The Morgan fingerprint density at radius 3 is 2.84 bits per heavy atom. The summed E-state index contributed by atoms with van der Waals surface area (Å²) in [6.07, 6.45) is 1.80. The van der Waals surface area contributed by atoms with E-state index in [0.29, 0.717) is 16.5 Å². The fourth-order valence-corrected chi connectivity index (χ4v) is 2.10. The Kier molecular flexibility index (Phi) is 2.93. The summed E-state index contributed by atoms with van der Waals surface area (Å²) in [4.78, 5) is 19.3. The first-order valence-corrected chi connectivity index (χ1v) is 6.12. The lowest BCUT2D eigenvalue weighted by atomic mass is 10.1. The number of rotatable bonds is 2. The Morgan fingerprint density at radius 1 is 1.16 bits per heavy atom. The molecule has 0 saturated heterocycles. The van der Waals surface area contributed by atoms with Gasteiger partial charge >= 0.3 is 0 Å². The summed E-state index contributed by atoms with van der Waals surface area (Å²) in [5.74, 6) is 0.212. The molecule has 2 N–H and O–H groups in total. The summed E-state index contributed by atoms with van der Waals surface area (Å²) in [7, 11) is 0. The number of benzene rings is 1. The van der Waals surface area contributed by atoms with Gasteiger partial charge in [0.25, 0.3) is 5.91 Å². The number of H-pyrrole nitrogens is 1. The second-order valence-corrected chi connectivity index (χ2v) is 4.43. The fourth-order valence-electron chi connectivity index (χ4n) is 1.94. The van der Waals surface area contributed by atoms with Gasteiger partial charge in [-0.1, -0.05) is 29.8 Å². The Bertz CT molecular complexity index is 751. The lowest BCUT2D eigenvalue weighted by Crippen LogP contribution is -2.13. The van der Waals surface area contributed by atoms with Crippen LogP contribution >= 0.6 is 11.6 Å². The van der Waals surface area contributed by atoms with Crippen LogP contribution in [0.25, 0.3) is 10.9 Å². The molecule has 0 aliphatic carbocycles. The molecule has 3 aromatic rings. The molecule has 0 unspecified atom stereocenters. The van der Waals surface area contributed by atoms with Gasteiger partial charge in [-0.3, -0.25) is 4.79 Å². The number of aromatic amines is 1. The quantitative estimate of drug-likeness (QED) is 0.701. The van der Waals surface area contributed by atoms with E-state index in [1.807, 2.05) is 18.2 Å². The molecule has 0 atom stereocenters. The number of carbonyl (C=O) groups excluding carboxylic acids is 1. The number of pyridine rings is 1. The number of anilines is 1. The maximum Gasteiger partial charge on any atom is 0.258 e. The molecule has 0 radical (unpaired) electrons. The van der Waals surface area contributed by atoms with Gasteiger partial charge in [0.1, 0.15) is 11.0 Å². The zero-order chi connectivity index (χ0) is 13.2. The molecule has 4 nitrogen and oxygen atoms in total. The van der Waals surface area contributed by atoms with E-state index < -0.39 is 0 Å². The first-order valence-electron chi connectivity index (χ1n) is 5.74. The van der Waals surface area contributed by atoms with Gasteiger partial charge in [0.2, 0.25) is 0 Å². The number of halogens is 1. The summed E-state index contributed by atoms with van der Waals surface area (Å²) in [5, 5.41) is 4.06. The van der Waals surface area contributed by atoms with Crippen LogP contribution in [0.15, 0.2) is 48.7 Å². The van der Waals surface area contributed by atoms with E-state index in [1.54, 1.807) is 30.5 Å². The van der Waals surface area contributed by atoms with Crippen molar-refractivity contribution in [1.82, 2.24) is 9.97 Å². The largest absolute Gasteiger partial charge is 0.361 e. The maximum absolute atomic E-state index is 12.2. The van der Waals surface area contributed by atoms with E-state index in [-0.39, 0.29) is 5.91 Å². The van der Waals surface area contributed by atoms with Gasteiger partial charge < -0.3 is 10.3 Å². The average molecular weight is 272 g/mol. The van der Waals surface area contributed by atoms with E-state index >= 15 is 0 Å². The van der Waals surface area contributed by atoms with E-state index in [9.17, 15) is 4.79 Å². The molecule has 3 rings (SSSR count). The van der Waals surface area contributed by atoms with Crippen LogP contribution in [-0.4, -0.2) is 15.9 Å². The van der Waals surface area contributed by atoms with Crippen LogP contribution in [0, 0.1) is 0 Å². The van der Waals surface area contributed by atoms with Gasteiger partial charge in [0.15, 0.2) is 0 Å². The molecule has 0 aliphatic rings.